The van der Waals surface area contributed by atoms with Gasteiger partial charge in [0, 0.05) is 6.42 Å². The Morgan fingerprint density at radius 3 is 1.41 bits per heavy atom. The van der Waals surface area contributed by atoms with E-state index in [4.69, 9.17) is 14.2 Å². The second-order valence-electron chi connectivity index (χ2n) is 21.4. The van der Waals surface area contributed by atoms with Crippen LogP contribution >= 0.6 is 0 Å². The summed E-state index contributed by atoms with van der Waals surface area (Å²) in [7, 11) is 0. The Labute approximate surface area is 475 Å². The maximum atomic E-state index is 13.4. The van der Waals surface area contributed by atoms with Gasteiger partial charge < -0.3 is 45.1 Å². The molecule has 1 saturated heterocycles. The molecule has 448 valence electrons. The van der Waals surface area contributed by atoms with Crippen LogP contribution in [0.1, 0.15) is 252 Å². The molecule has 0 aromatic heterocycles. The van der Waals surface area contributed by atoms with E-state index in [2.05, 4.69) is 111 Å². The van der Waals surface area contributed by atoms with Gasteiger partial charge >= 0.3 is 5.97 Å². The molecule has 1 aliphatic heterocycles. The van der Waals surface area contributed by atoms with E-state index in [-0.39, 0.29) is 19.4 Å². The van der Waals surface area contributed by atoms with E-state index < -0.39 is 67.4 Å². The molecular formula is C67H115NO10. The van der Waals surface area contributed by atoms with Crippen LogP contribution in [0.15, 0.2) is 97.2 Å². The van der Waals surface area contributed by atoms with Gasteiger partial charge in [0.25, 0.3) is 0 Å². The summed E-state index contributed by atoms with van der Waals surface area (Å²) >= 11 is 0. The molecule has 0 bridgehead atoms. The summed E-state index contributed by atoms with van der Waals surface area (Å²) < 4.78 is 17.6. The highest BCUT2D eigenvalue weighted by Crippen LogP contribution is 2.26. The molecule has 6 N–H and O–H groups in total. The molecule has 0 aromatic carbocycles. The van der Waals surface area contributed by atoms with E-state index >= 15 is 0 Å². The van der Waals surface area contributed by atoms with E-state index in [1.165, 1.54) is 89.9 Å². The molecule has 1 rings (SSSR count). The fourth-order valence-electron chi connectivity index (χ4n) is 9.24. The Balaban J connectivity index is 2.64. The number of hydrogen-bond donors (Lipinski definition) is 6. The fraction of sp³-hybridized carbons (Fsp3) is 0.731. The first-order valence-corrected chi connectivity index (χ1v) is 31.5. The zero-order valence-corrected chi connectivity index (χ0v) is 49.5. The number of aliphatic hydroxyl groups excluding tert-OH is 5. The van der Waals surface area contributed by atoms with Crippen molar-refractivity contribution in [3.05, 3.63) is 97.2 Å². The first-order valence-electron chi connectivity index (χ1n) is 31.5. The van der Waals surface area contributed by atoms with Crippen molar-refractivity contribution < 1.29 is 49.3 Å². The molecule has 1 fully saturated rings. The van der Waals surface area contributed by atoms with Gasteiger partial charge in [-0.3, -0.25) is 9.59 Å². The lowest BCUT2D eigenvalue weighted by atomic mass is 9.99. The Morgan fingerprint density at radius 1 is 0.513 bits per heavy atom. The van der Waals surface area contributed by atoms with Gasteiger partial charge in [-0.1, -0.05) is 240 Å². The van der Waals surface area contributed by atoms with Crippen molar-refractivity contribution in [2.24, 2.45) is 0 Å². The van der Waals surface area contributed by atoms with Crippen LogP contribution in [0.2, 0.25) is 0 Å². The van der Waals surface area contributed by atoms with Crippen LogP contribution in [0.3, 0.4) is 0 Å². The lowest BCUT2D eigenvalue weighted by molar-refractivity contribution is -0.305. The largest absolute Gasteiger partial charge is 0.454 e. The maximum Gasteiger partial charge on any atom is 0.306 e. The van der Waals surface area contributed by atoms with Gasteiger partial charge in [0.05, 0.1) is 25.4 Å². The van der Waals surface area contributed by atoms with Crippen molar-refractivity contribution in [2.75, 3.05) is 13.2 Å². The highest BCUT2D eigenvalue weighted by Gasteiger charge is 2.47. The molecule has 1 aliphatic rings. The van der Waals surface area contributed by atoms with E-state index in [1.807, 2.05) is 6.08 Å². The SMILES string of the molecule is CC/C=C/C/C=C/C/C=C/CCCCCCC(=O)OC1C(OCC(NC(=O)C(O)CCCCCCCCCC/C=C\C/C=C\C/C=C\C/C=C\CCCCC)C(O)/C=C/CCCCCCCCCCC)OC(CO)C(O)C1O. The summed E-state index contributed by atoms with van der Waals surface area (Å²) in [6, 6.07) is -1.04. The van der Waals surface area contributed by atoms with Gasteiger partial charge in [0.2, 0.25) is 5.91 Å². The molecule has 8 unspecified atom stereocenters. The number of carbonyl (C=O) groups is 2. The lowest BCUT2D eigenvalue weighted by Gasteiger charge is -2.41. The highest BCUT2D eigenvalue weighted by molar-refractivity contribution is 5.80. The number of carbonyl (C=O) groups excluding carboxylic acids is 2. The zero-order chi connectivity index (χ0) is 56.8. The third-order valence-corrected chi connectivity index (χ3v) is 14.2. The predicted molar refractivity (Wildman–Crippen MR) is 324 cm³/mol. The summed E-state index contributed by atoms with van der Waals surface area (Å²) in [5.74, 6) is -1.23. The molecule has 1 amide bonds. The summed E-state index contributed by atoms with van der Waals surface area (Å²) in [5.41, 5.74) is 0. The van der Waals surface area contributed by atoms with Crippen LogP contribution < -0.4 is 5.32 Å². The van der Waals surface area contributed by atoms with Crippen LogP contribution in [0.25, 0.3) is 0 Å². The van der Waals surface area contributed by atoms with Crippen molar-refractivity contribution in [3.8, 4) is 0 Å². The van der Waals surface area contributed by atoms with Crippen LogP contribution in [-0.2, 0) is 23.8 Å². The van der Waals surface area contributed by atoms with Crippen LogP contribution in [0.5, 0.6) is 0 Å². The number of aliphatic hydroxyl groups is 5. The lowest BCUT2D eigenvalue weighted by Crippen LogP contribution is -2.61. The van der Waals surface area contributed by atoms with Gasteiger partial charge in [0.1, 0.15) is 24.4 Å². The average molecular weight is 1090 g/mol. The summed E-state index contributed by atoms with van der Waals surface area (Å²) in [6.07, 6.45) is 61.6. The maximum absolute atomic E-state index is 13.4. The third-order valence-electron chi connectivity index (χ3n) is 14.2. The van der Waals surface area contributed by atoms with Crippen molar-refractivity contribution in [1.82, 2.24) is 5.32 Å². The second kappa shape index (κ2) is 54.2. The summed E-state index contributed by atoms with van der Waals surface area (Å²) in [5, 5.41) is 56.9. The van der Waals surface area contributed by atoms with Gasteiger partial charge in [0.15, 0.2) is 12.4 Å². The number of nitrogens with one attached hydrogen (secondary N) is 1. The number of amides is 1. The van der Waals surface area contributed by atoms with Crippen LogP contribution in [-0.4, -0.2) is 99.6 Å². The van der Waals surface area contributed by atoms with Crippen LogP contribution in [0.4, 0.5) is 0 Å². The van der Waals surface area contributed by atoms with Crippen molar-refractivity contribution in [1.29, 1.82) is 0 Å². The number of rotatable bonds is 52. The topological polar surface area (TPSA) is 175 Å². The standard InChI is InChI=1S/C67H115NO10/c1-4-7-10-13-16-19-22-24-26-27-28-29-30-31-32-33-34-35-36-39-42-45-48-51-54-60(71)66(75)68-58(59(70)53-50-47-44-41-38-21-18-15-12-9-6-3)57-76-67-65(64(74)63(73)61(56-69)77-67)78-62(72)55-52-49-46-43-40-37-25-23-20-17-14-11-8-5-2/h8,11,16-17,19-20,24-26,28-29,31-32,37,50,53,58-61,63-65,67,69-71,73-74H,4-7,9-10,12-15,18,21-23,27,30,33-36,38-49,51-52,54-57H2,1-3H3,(H,68,75)/b11-8+,19-16-,20-17+,26-24-,29-28-,32-31-,37-25+,53-50+. The molecule has 0 aromatic rings. The molecule has 1 heterocycles. The van der Waals surface area contributed by atoms with Gasteiger partial charge in [-0.05, 0) is 103 Å². The summed E-state index contributed by atoms with van der Waals surface area (Å²) in [6.45, 7) is 5.61. The molecule has 0 spiro atoms. The second-order valence-corrected chi connectivity index (χ2v) is 21.4. The Morgan fingerprint density at radius 2 is 0.923 bits per heavy atom. The monoisotopic (exact) mass is 1090 g/mol. The van der Waals surface area contributed by atoms with E-state index in [1.54, 1.807) is 6.08 Å². The average Bonchev–Trinajstić information content (AvgIpc) is 3.44. The molecule has 0 saturated carbocycles. The molecular weight excluding hydrogens is 979 g/mol. The predicted octanol–water partition coefficient (Wildman–Crippen LogP) is 15.1. The summed E-state index contributed by atoms with van der Waals surface area (Å²) in [4.78, 5) is 26.5. The fourth-order valence-corrected chi connectivity index (χ4v) is 9.24. The molecule has 11 nitrogen and oxygen atoms in total. The van der Waals surface area contributed by atoms with Crippen molar-refractivity contribution in [2.45, 2.75) is 301 Å². The molecule has 78 heavy (non-hydrogen) atoms. The first-order chi connectivity index (χ1) is 38.2. The Kier molecular flexibility index (Phi) is 50.4. The minimum atomic E-state index is -1.63. The van der Waals surface area contributed by atoms with E-state index in [9.17, 15) is 35.1 Å². The quantitative estimate of drug-likeness (QED) is 0.0195. The number of allylic oxidation sites excluding steroid dienone is 15. The van der Waals surface area contributed by atoms with Gasteiger partial charge in [-0.15, -0.1) is 0 Å². The Bertz CT molecular complexity index is 1630. The zero-order valence-electron chi connectivity index (χ0n) is 49.5. The Hall–Kier alpha value is -3.42. The van der Waals surface area contributed by atoms with Crippen LogP contribution in [0, 0.1) is 0 Å². The highest BCUT2D eigenvalue weighted by atomic mass is 16.7. The molecule has 0 aliphatic carbocycles. The van der Waals surface area contributed by atoms with Gasteiger partial charge in [-0.25, -0.2) is 0 Å². The van der Waals surface area contributed by atoms with Crippen molar-refractivity contribution >= 4 is 11.9 Å². The molecule has 8 atom stereocenters. The number of esters is 1. The smallest absolute Gasteiger partial charge is 0.306 e. The third kappa shape index (κ3) is 41.6. The minimum Gasteiger partial charge on any atom is -0.454 e. The normalized spacial score (nSPS) is 19.6. The molecule has 11 heteroatoms. The van der Waals surface area contributed by atoms with Gasteiger partial charge in [-0.2, -0.15) is 0 Å². The van der Waals surface area contributed by atoms with E-state index in [0.717, 1.165) is 116 Å². The van der Waals surface area contributed by atoms with Crippen molar-refractivity contribution in [3.63, 3.8) is 0 Å². The number of ether oxygens (including phenoxy) is 3. The number of hydrogen-bond acceptors (Lipinski definition) is 10. The number of unbranched alkanes of at least 4 members (excludes halogenated alkanes) is 24. The minimum absolute atomic E-state index is 0.0927. The van der Waals surface area contributed by atoms with E-state index in [0.29, 0.717) is 12.8 Å². The molecule has 0 radical (unpaired) electrons. The first kappa shape index (κ1) is 72.6.